The fourth-order valence-electron chi connectivity index (χ4n) is 2.04. The summed E-state index contributed by atoms with van der Waals surface area (Å²) >= 11 is 1.57. The number of nitrogens with two attached hydrogens (primary N) is 1. The van der Waals surface area contributed by atoms with E-state index in [4.69, 9.17) is 11.4 Å². The highest BCUT2D eigenvalue weighted by atomic mass is 32.2. The van der Waals surface area contributed by atoms with Crippen molar-refractivity contribution < 1.29 is 0 Å². The molecule has 1 aromatic carbocycles. The number of hydrogen-bond donors (Lipinski definition) is 3. The Morgan fingerprint density at radius 2 is 2.26 bits per heavy atom. The number of hydrogen-bond acceptors (Lipinski definition) is 6. The lowest BCUT2D eigenvalue weighted by molar-refractivity contribution is 0.736. The molecule has 4 N–H and O–H groups in total. The van der Waals surface area contributed by atoms with Crippen LogP contribution in [0.5, 0.6) is 0 Å². The molecule has 8 heteroatoms. The van der Waals surface area contributed by atoms with Crippen molar-refractivity contribution in [2.75, 3.05) is 12.1 Å². The van der Waals surface area contributed by atoms with Crippen LogP contribution in [0.3, 0.4) is 0 Å². The zero-order valence-electron chi connectivity index (χ0n) is 9.97. The van der Waals surface area contributed by atoms with E-state index in [0.29, 0.717) is 16.1 Å². The highest BCUT2D eigenvalue weighted by Crippen LogP contribution is 2.21. The fourth-order valence-corrected chi connectivity index (χ4v) is 2.48. The molecule has 7 nitrogen and oxygen atoms in total. The second kappa shape index (κ2) is 4.09. The number of benzene rings is 1. The minimum Gasteiger partial charge on any atom is -0.321 e. The van der Waals surface area contributed by atoms with E-state index < -0.39 is 0 Å². The number of aromatic nitrogens is 3. The maximum absolute atomic E-state index is 12.3. The van der Waals surface area contributed by atoms with Crippen molar-refractivity contribution in [1.82, 2.24) is 14.9 Å². The summed E-state index contributed by atoms with van der Waals surface area (Å²) in [6.07, 6.45) is 1.95. The Kier molecular flexibility index (Phi) is 2.53. The van der Waals surface area contributed by atoms with Gasteiger partial charge in [0, 0.05) is 15.7 Å². The van der Waals surface area contributed by atoms with Gasteiger partial charge in [0.15, 0.2) is 0 Å². The van der Waals surface area contributed by atoms with Crippen molar-refractivity contribution in [2.45, 2.75) is 4.90 Å². The molecular formula is C11H10N6OS. The van der Waals surface area contributed by atoms with Gasteiger partial charge in [-0.05, 0) is 18.4 Å². The molecule has 0 bridgehead atoms. The first-order chi connectivity index (χ1) is 9.15. The van der Waals surface area contributed by atoms with Crippen molar-refractivity contribution in [3.05, 3.63) is 39.1 Å². The van der Waals surface area contributed by atoms with Gasteiger partial charge in [0.2, 0.25) is 5.43 Å². The van der Waals surface area contributed by atoms with E-state index in [0.717, 1.165) is 15.1 Å². The molecule has 19 heavy (non-hydrogen) atoms. The minimum atomic E-state index is -0.149. The van der Waals surface area contributed by atoms with Crippen LogP contribution in [-0.4, -0.2) is 21.1 Å². The van der Waals surface area contributed by atoms with Crippen LogP contribution in [0.15, 0.2) is 33.0 Å². The Balaban J connectivity index is 2.55. The van der Waals surface area contributed by atoms with Crippen molar-refractivity contribution in [1.29, 1.82) is 5.53 Å². The number of aromatic amines is 1. The highest BCUT2D eigenvalue weighted by molar-refractivity contribution is 7.98. The molecule has 1 aliphatic carbocycles. The van der Waals surface area contributed by atoms with Gasteiger partial charge < -0.3 is 5.84 Å². The summed E-state index contributed by atoms with van der Waals surface area (Å²) in [5, 5.41) is 8.05. The van der Waals surface area contributed by atoms with Crippen LogP contribution in [0.4, 0.5) is 5.95 Å². The quantitative estimate of drug-likeness (QED) is 0.373. The summed E-state index contributed by atoms with van der Waals surface area (Å²) in [5.74, 6) is 5.59. The molecule has 0 atom stereocenters. The van der Waals surface area contributed by atoms with E-state index in [1.54, 1.807) is 11.8 Å². The molecule has 0 unspecified atom stereocenters. The van der Waals surface area contributed by atoms with Crippen LogP contribution < -0.4 is 11.3 Å². The Bertz CT molecular complexity index is 911. The predicted molar refractivity (Wildman–Crippen MR) is 72.4 cm³/mol. The van der Waals surface area contributed by atoms with E-state index in [1.807, 2.05) is 24.5 Å². The lowest BCUT2D eigenvalue weighted by Gasteiger charge is -2.00. The normalized spacial score (nSPS) is 11.2. The average Bonchev–Trinajstić information content (AvgIpc) is 2.70. The number of nitrogens with one attached hydrogen (secondary N) is 2. The van der Waals surface area contributed by atoms with Crippen molar-refractivity contribution in [2.24, 2.45) is 5.11 Å². The average molecular weight is 274 g/mol. The van der Waals surface area contributed by atoms with Gasteiger partial charge in [0.1, 0.15) is 10.7 Å². The van der Waals surface area contributed by atoms with Crippen LogP contribution in [0.1, 0.15) is 0 Å². The molecule has 1 aliphatic heterocycles. The molecular weight excluding hydrogens is 264 g/mol. The van der Waals surface area contributed by atoms with E-state index >= 15 is 0 Å². The van der Waals surface area contributed by atoms with Crippen LogP contribution in [0, 0.1) is 16.2 Å². The second-order valence-corrected chi connectivity index (χ2v) is 4.85. The number of rotatable bonds is 2. The SMILES string of the molecule is CSc1ccc2c3nc(N=N)n(N)[nH]c=3c(=O)c2c1. The van der Waals surface area contributed by atoms with Gasteiger partial charge in [0.25, 0.3) is 5.95 Å². The summed E-state index contributed by atoms with van der Waals surface area (Å²) in [6.45, 7) is 0. The third-order valence-corrected chi connectivity index (χ3v) is 3.68. The Labute approximate surface area is 110 Å². The van der Waals surface area contributed by atoms with E-state index in [-0.39, 0.29) is 11.4 Å². The fraction of sp³-hybridized carbons (Fsp3) is 0.0909. The number of thioether (sulfide) groups is 1. The molecule has 3 rings (SSSR count). The van der Waals surface area contributed by atoms with Crippen molar-refractivity contribution in [3.8, 4) is 0 Å². The molecule has 96 valence electrons. The maximum atomic E-state index is 12.3. The van der Waals surface area contributed by atoms with Gasteiger partial charge in [-0.1, -0.05) is 6.07 Å². The summed E-state index contributed by atoms with van der Waals surface area (Å²) in [5.41, 5.74) is 6.85. The van der Waals surface area contributed by atoms with Gasteiger partial charge in [-0.3, -0.25) is 9.89 Å². The standard InChI is InChI=1S/C11H10N6OS/c1-19-5-2-3-6-7(4-5)10(18)9-8(6)14-11(15-12)17(13)16-9/h2-4,12,16H,13H2,1H3. The minimum absolute atomic E-state index is 0.00773. The van der Waals surface area contributed by atoms with Crippen LogP contribution >= 0.6 is 11.8 Å². The van der Waals surface area contributed by atoms with Gasteiger partial charge in [-0.25, -0.2) is 10.5 Å². The Morgan fingerprint density at radius 1 is 1.47 bits per heavy atom. The second-order valence-electron chi connectivity index (χ2n) is 3.97. The third-order valence-electron chi connectivity index (χ3n) is 2.95. The van der Waals surface area contributed by atoms with Gasteiger partial charge in [0.05, 0.1) is 0 Å². The smallest absolute Gasteiger partial charge is 0.283 e. The summed E-state index contributed by atoms with van der Waals surface area (Å²) in [6, 6.07) is 5.60. The molecule has 2 aliphatic rings. The molecule has 0 saturated heterocycles. The first-order valence-electron chi connectivity index (χ1n) is 5.40. The molecule has 0 radical (unpaired) electrons. The van der Waals surface area contributed by atoms with Crippen LogP contribution in [0.2, 0.25) is 0 Å². The van der Waals surface area contributed by atoms with E-state index in [2.05, 4.69) is 15.2 Å². The van der Waals surface area contributed by atoms with Crippen LogP contribution in [-0.2, 0) is 0 Å². The molecule has 0 amide bonds. The van der Waals surface area contributed by atoms with Gasteiger partial charge in [-0.2, -0.15) is 4.79 Å². The molecule has 0 aromatic heterocycles. The Morgan fingerprint density at radius 3 is 2.95 bits per heavy atom. The molecule has 0 spiro atoms. The number of nitrogen functional groups attached to an aromatic ring is 1. The summed E-state index contributed by atoms with van der Waals surface area (Å²) < 4.78 is 0. The predicted octanol–water partition coefficient (Wildman–Crippen LogP) is 1.55. The molecule has 1 aromatic rings. The number of fused-ring (bicyclic) bond motifs is 2. The van der Waals surface area contributed by atoms with Crippen LogP contribution in [0.25, 0.3) is 10.8 Å². The van der Waals surface area contributed by atoms with Gasteiger partial charge >= 0.3 is 0 Å². The largest absolute Gasteiger partial charge is 0.321 e. The lowest BCUT2D eigenvalue weighted by Crippen LogP contribution is -2.17. The van der Waals surface area contributed by atoms with E-state index in [1.165, 1.54) is 0 Å². The lowest BCUT2D eigenvalue weighted by atomic mass is 10.2. The zero-order chi connectivity index (χ0) is 13.6. The molecule has 0 fully saturated rings. The number of nitrogens with zero attached hydrogens (tertiary/aromatic N) is 3. The van der Waals surface area contributed by atoms with Gasteiger partial charge in [-0.15, -0.1) is 16.9 Å². The molecule has 0 saturated carbocycles. The number of H-pyrrole nitrogens is 1. The third kappa shape index (κ3) is 1.60. The van der Waals surface area contributed by atoms with Crippen molar-refractivity contribution in [3.63, 3.8) is 0 Å². The monoisotopic (exact) mass is 274 g/mol. The zero-order valence-corrected chi connectivity index (χ0v) is 10.8. The summed E-state index contributed by atoms with van der Waals surface area (Å²) in [4.78, 5) is 18.4. The summed E-state index contributed by atoms with van der Waals surface area (Å²) in [7, 11) is 0. The van der Waals surface area contributed by atoms with E-state index in [9.17, 15) is 4.79 Å². The topological polar surface area (TPSA) is 113 Å². The maximum Gasteiger partial charge on any atom is 0.283 e. The first kappa shape index (κ1) is 11.7. The molecule has 1 heterocycles. The Hall–Kier alpha value is -2.35. The highest BCUT2D eigenvalue weighted by Gasteiger charge is 2.11. The van der Waals surface area contributed by atoms with Crippen molar-refractivity contribution >= 4 is 28.5 Å². The first-order valence-corrected chi connectivity index (χ1v) is 6.63.